The number of hydrogen-bond acceptors (Lipinski definition) is 4. The van der Waals surface area contributed by atoms with Crippen LogP contribution in [0, 0.1) is 23.7 Å². The molecule has 0 atom stereocenters. The molecule has 2 aromatic rings. The molecule has 0 bridgehead atoms. The summed E-state index contributed by atoms with van der Waals surface area (Å²) in [6.45, 7) is 0.208. The van der Waals surface area contributed by atoms with Gasteiger partial charge in [0.15, 0.2) is 0 Å². The lowest BCUT2D eigenvalue weighted by atomic mass is 9.96. The SMILES string of the molecule is C#CCOc1ccc(Br)cc1C=Nc1sc2c(c1C#N)CCCC2. The van der Waals surface area contributed by atoms with Gasteiger partial charge in [-0.05, 0) is 49.4 Å². The van der Waals surface area contributed by atoms with E-state index in [0.29, 0.717) is 5.75 Å². The van der Waals surface area contributed by atoms with Gasteiger partial charge in [0, 0.05) is 21.1 Å². The monoisotopic (exact) mass is 398 g/mol. The second-order valence-electron chi connectivity index (χ2n) is 5.44. The van der Waals surface area contributed by atoms with Gasteiger partial charge in [-0.15, -0.1) is 17.8 Å². The van der Waals surface area contributed by atoms with Crippen LogP contribution in [0.4, 0.5) is 5.00 Å². The van der Waals surface area contributed by atoms with Gasteiger partial charge >= 0.3 is 0 Å². The van der Waals surface area contributed by atoms with Crippen LogP contribution in [-0.4, -0.2) is 12.8 Å². The van der Waals surface area contributed by atoms with E-state index >= 15 is 0 Å². The molecule has 0 saturated heterocycles. The molecule has 0 spiro atoms. The second kappa shape index (κ2) is 7.66. The highest BCUT2D eigenvalue weighted by Crippen LogP contribution is 2.39. The molecule has 0 fully saturated rings. The second-order valence-corrected chi connectivity index (χ2v) is 7.44. The van der Waals surface area contributed by atoms with Crippen molar-refractivity contribution in [3.05, 3.63) is 44.2 Å². The lowest BCUT2D eigenvalue weighted by Gasteiger charge is -2.09. The van der Waals surface area contributed by atoms with E-state index in [9.17, 15) is 5.26 Å². The summed E-state index contributed by atoms with van der Waals surface area (Å²) in [6.07, 6.45) is 11.4. The van der Waals surface area contributed by atoms with Crippen molar-refractivity contribution >= 4 is 38.5 Å². The third-order valence-electron chi connectivity index (χ3n) is 3.87. The Bertz CT molecular complexity index is 871. The zero-order valence-corrected chi connectivity index (χ0v) is 15.4. The van der Waals surface area contributed by atoms with Crippen molar-refractivity contribution in [1.29, 1.82) is 5.26 Å². The van der Waals surface area contributed by atoms with Crippen LogP contribution in [0.3, 0.4) is 0 Å². The first-order valence-electron chi connectivity index (χ1n) is 7.67. The average molecular weight is 399 g/mol. The largest absolute Gasteiger partial charge is 0.480 e. The maximum atomic E-state index is 9.50. The molecule has 1 aromatic carbocycles. The van der Waals surface area contributed by atoms with E-state index in [0.717, 1.165) is 39.9 Å². The minimum atomic E-state index is 0.208. The van der Waals surface area contributed by atoms with E-state index < -0.39 is 0 Å². The smallest absolute Gasteiger partial charge is 0.148 e. The average Bonchev–Trinajstić information content (AvgIpc) is 2.96. The van der Waals surface area contributed by atoms with Gasteiger partial charge in [-0.3, -0.25) is 0 Å². The number of nitrogens with zero attached hydrogens (tertiary/aromatic N) is 2. The van der Waals surface area contributed by atoms with Crippen molar-refractivity contribution in [2.45, 2.75) is 25.7 Å². The number of terminal acetylenes is 1. The van der Waals surface area contributed by atoms with Crippen molar-refractivity contribution < 1.29 is 4.74 Å². The number of hydrogen-bond donors (Lipinski definition) is 0. The molecule has 1 aliphatic rings. The van der Waals surface area contributed by atoms with Gasteiger partial charge in [-0.25, -0.2) is 4.99 Å². The van der Waals surface area contributed by atoms with E-state index in [2.05, 4.69) is 32.9 Å². The Morgan fingerprint density at radius 1 is 1.38 bits per heavy atom. The van der Waals surface area contributed by atoms with Crippen LogP contribution >= 0.6 is 27.3 Å². The molecule has 24 heavy (non-hydrogen) atoms. The van der Waals surface area contributed by atoms with Crippen LogP contribution in [0.1, 0.15) is 34.4 Å². The molecule has 3 nitrogen and oxygen atoms in total. The Morgan fingerprint density at radius 2 is 2.21 bits per heavy atom. The summed E-state index contributed by atoms with van der Waals surface area (Å²) in [5, 5.41) is 10.3. The first-order chi connectivity index (χ1) is 11.7. The maximum Gasteiger partial charge on any atom is 0.148 e. The number of rotatable bonds is 4. The van der Waals surface area contributed by atoms with Crippen molar-refractivity contribution in [3.63, 3.8) is 0 Å². The highest BCUT2D eigenvalue weighted by molar-refractivity contribution is 9.10. The molecule has 120 valence electrons. The summed E-state index contributed by atoms with van der Waals surface area (Å²) < 4.78 is 6.49. The zero-order chi connectivity index (χ0) is 16.9. The quantitative estimate of drug-likeness (QED) is 0.535. The van der Waals surface area contributed by atoms with Gasteiger partial charge < -0.3 is 4.74 Å². The Hall–Kier alpha value is -2.08. The van der Waals surface area contributed by atoms with E-state index in [1.165, 1.54) is 16.9 Å². The summed E-state index contributed by atoms with van der Waals surface area (Å²) in [7, 11) is 0. The van der Waals surface area contributed by atoms with Crippen LogP contribution in [0.25, 0.3) is 0 Å². The maximum absolute atomic E-state index is 9.50. The fraction of sp³-hybridized carbons (Fsp3) is 0.263. The Balaban J connectivity index is 1.94. The van der Waals surface area contributed by atoms with E-state index in [4.69, 9.17) is 11.2 Å². The van der Waals surface area contributed by atoms with Crippen molar-refractivity contribution in [2.24, 2.45) is 4.99 Å². The topological polar surface area (TPSA) is 45.4 Å². The van der Waals surface area contributed by atoms with Crippen molar-refractivity contribution in [1.82, 2.24) is 0 Å². The van der Waals surface area contributed by atoms with Gasteiger partial charge in [0.25, 0.3) is 0 Å². The Labute approximate surface area is 154 Å². The number of benzene rings is 1. The van der Waals surface area contributed by atoms with Crippen LogP contribution in [0.2, 0.25) is 0 Å². The van der Waals surface area contributed by atoms with Crippen molar-refractivity contribution in [3.8, 4) is 24.2 Å². The minimum absolute atomic E-state index is 0.208. The van der Waals surface area contributed by atoms with Gasteiger partial charge in [0.05, 0.1) is 5.56 Å². The predicted molar refractivity (Wildman–Crippen MR) is 101 cm³/mol. The molecule has 0 radical (unpaired) electrons. The summed E-state index contributed by atoms with van der Waals surface area (Å²) in [5.41, 5.74) is 2.75. The van der Waals surface area contributed by atoms with Gasteiger partial charge in [-0.1, -0.05) is 21.9 Å². The molecule has 1 heterocycles. The predicted octanol–water partition coefficient (Wildman–Crippen LogP) is 5.02. The summed E-state index contributed by atoms with van der Waals surface area (Å²) in [5.74, 6) is 3.14. The fourth-order valence-corrected chi connectivity index (χ4v) is 4.32. The summed E-state index contributed by atoms with van der Waals surface area (Å²) in [4.78, 5) is 5.89. The Kier molecular flexibility index (Phi) is 5.35. The number of aliphatic imine (C=N–C) groups is 1. The molecule has 0 aliphatic heterocycles. The number of thiophene rings is 1. The fourth-order valence-electron chi connectivity index (χ4n) is 2.76. The first-order valence-corrected chi connectivity index (χ1v) is 9.28. The number of nitriles is 1. The highest BCUT2D eigenvalue weighted by Gasteiger charge is 2.20. The number of aryl methyl sites for hydroxylation is 1. The molecular formula is C19H15BrN2OS. The molecule has 0 N–H and O–H groups in total. The standard InChI is InChI=1S/C19H15BrN2OS/c1-2-9-23-17-8-7-14(20)10-13(17)12-22-19-16(11-21)15-5-3-4-6-18(15)24-19/h1,7-8,10,12H,3-6,9H2. The summed E-state index contributed by atoms with van der Waals surface area (Å²) in [6, 6.07) is 8.01. The lowest BCUT2D eigenvalue weighted by molar-refractivity contribution is 0.370. The zero-order valence-electron chi connectivity index (χ0n) is 13.0. The molecule has 0 saturated carbocycles. The van der Waals surface area contributed by atoms with Gasteiger partial charge in [0.2, 0.25) is 0 Å². The molecule has 5 heteroatoms. The molecule has 1 aliphatic carbocycles. The van der Waals surface area contributed by atoms with Crippen LogP contribution in [0.5, 0.6) is 5.75 Å². The number of halogens is 1. The number of ether oxygens (including phenoxy) is 1. The molecule has 1 aromatic heterocycles. The van der Waals surface area contributed by atoms with Crippen molar-refractivity contribution in [2.75, 3.05) is 6.61 Å². The molecule has 0 amide bonds. The molecule has 3 rings (SSSR count). The van der Waals surface area contributed by atoms with Crippen LogP contribution in [0.15, 0.2) is 27.7 Å². The van der Waals surface area contributed by atoms with Gasteiger partial charge in [0.1, 0.15) is 23.4 Å². The normalized spacial score (nSPS) is 13.3. The number of fused-ring (bicyclic) bond motifs is 1. The molecule has 0 unspecified atom stereocenters. The lowest BCUT2D eigenvalue weighted by Crippen LogP contribution is -1.99. The van der Waals surface area contributed by atoms with Crippen LogP contribution in [-0.2, 0) is 12.8 Å². The molecular weight excluding hydrogens is 384 g/mol. The summed E-state index contributed by atoms with van der Waals surface area (Å²) >= 11 is 5.09. The third kappa shape index (κ3) is 3.53. The highest BCUT2D eigenvalue weighted by atomic mass is 79.9. The van der Waals surface area contributed by atoms with E-state index in [1.807, 2.05) is 18.2 Å². The van der Waals surface area contributed by atoms with E-state index in [1.54, 1.807) is 17.6 Å². The minimum Gasteiger partial charge on any atom is -0.480 e. The van der Waals surface area contributed by atoms with Crippen LogP contribution < -0.4 is 4.74 Å². The Morgan fingerprint density at radius 3 is 3.00 bits per heavy atom. The van der Waals surface area contributed by atoms with E-state index in [-0.39, 0.29) is 6.61 Å². The first kappa shape index (κ1) is 16.8. The third-order valence-corrected chi connectivity index (χ3v) is 5.56. The van der Waals surface area contributed by atoms with Gasteiger partial charge in [-0.2, -0.15) is 5.26 Å².